The molecule has 0 aromatic heterocycles. The molecule has 7 heteroatoms. The molecule has 0 radical (unpaired) electrons. The Morgan fingerprint density at radius 3 is 2.21 bits per heavy atom. The lowest BCUT2D eigenvalue weighted by molar-refractivity contribution is -0.132. The van der Waals surface area contributed by atoms with E-state index in [4.69, 9.17) is 17.0 Å². The zero-order chi connectivity index (χ0) is 24.4. The Morgan fingerprint density at radius 1 is 0.941 bits per heavy atom. The summed E-state index contributed by atoms with van der Waals surface area (Å²) in [7, 11) is 3.12. The van der Waals surface area contributed by atoms with Crippen LogP contribution in [0.2, 0.25) is 0 Å². The van der Waals surface area contributed by atoms with Crippen LogP contribution in [0.3, 0.4) is 0 Å². The summed E-state index contributed by atoms with van der Waals surface area (Å²) < 4.78 is 6.21. The minimum atomic E-state index is -0.478. The molecule has 0 aliphatic carbocycles. The smallest absolute Gasteiger partial charge is 0.269 e. The van der Waals surface area contributed by atoms with E-state index < -0.39 is 11.8 Å². The van der Waals surface area contributed by atoms with E-state index >= 15 is 0 Å². The van der Waals surface area contributed by atoms with Crippen LogP contribution in [0.25, 0.3) is 11.6 Å². The molecule has 2 aliphatic rings. The lowest BCUT2D eigenvalue weighted by atomic mass is 9.97. The molecular weight excluding hydrogens is 446 g/mol. The highest BCUT2D eigenvalue weighted by molar-refractivity contribution is 7.80. The number of benzene rings is 2. The predicted molar refractivity (Wildman–Crippen MR) is 139 cm³/mol. The van der Waals surface area contributed by atoms with Crippen LogP contribution in [0.4, 0.5) is 5.69 Å². The first-order chi connectivity index (χ1) is 16.3. The lowest BCUT2D eigenvalue weighted by Crippen LogP contribution is -2.53. The van der Waals surface area contributed by atoms with Gasteiger partial charge in [-0.3, -0.25) is 19.4 Å². The van der Waals surface area contributed by atoms with Gasteiger partial charge in [-0.05, 0) is 55.4 Å². The fraction of sp³-hybridized carbons (Fsp3) is 0.222. The minimum absolute atomic E-state index is 0.0388. The second-order valence-corrected chi connectivity index (χ2v) is 8.41. The summed E-state index contributed by atoms with van der Waals surface area (Å²) in [6.45, 7) is 5.89. The van der Waals surface area contributed by atoms with Crippen LogP contribution >= 0.6 is 12.2 Å². The number of ether oxygens (including phenoxy) is 1. The Morgan fingerprint density at radius 2 is 1.59 bits per heavy atom. The molecule has 0 atom stereocenters. The average Bonchev–Trinajstić information content (AvgIpc) is 2.86. The molecule has 34 heavy (non-hydrogen) atoms. The van der Waals surface area contributed by atoms with E-state index in [-0.39, 0.29) is 16.4 Å². The summed E-state index contributed by atoms with van der Waals surface area (Å²) >= 11 is 5.23. The fourth-order valence-corrected chi connectivity index (χ4v) is 4.20. The fourth-order valence-electron chi connectivity index (χ4n) is 4.03. The van der Waals surface area contributed by atoms with Crippen molar-refractivity contribution < 1.29 is 14.3 Å². The number of allylic oxidation sites excluding steroid dienone is 3. The molecule has 0 N–H and O–H groups in total. The number of hydrogen-bond donors (Lipinski definition) is 0. The van der Waals surface area contributed by atoms with Crippen molar-refractivity contribution >= 4 is 46.5 Å². The molecule has 0 saturated carbocycles. The lowest BCUT2D eigenvalue weighted by Gasteiger charge is -2.33. The van der Waals surface area contributed by atoms with Gasteiger partial charge in [0.1, 0.15) is 17.1 Å². The molecule has 6 nitrogen and oxygen atoms in total. The van der Waals surface area contributed by atoms with Gasteiger partial charge in [0.15, 0.2) is 5.11 Å². The van der Waals surface area contributed by atoms with E-state index in [2.05, 4.69) is 24.8 Å². The highest BCUT2D eigenvalue weighted by atomic mass is 32.1. The number of nitrogens with zero attached hydrogens (tertiary/aromatic N) is 3. The highest BCUT2D eigenvalue weighted by Crippen LogP contribution is 2.39. The third-order valence-electron chi connectivity index (χ3n) is 6.02. The van der Waals surface area contributed by atoms with E-state index in [9.17, 15) is 9.59 Å². The van der Waals surface area contributed by atoms with Gasteiger partial charge >= 0.3 is 0 Å². The van der Waals surface area contributed by atoms with Gasteiger partial charge in [-0.15, -0.1) is 0 Å². The van der Waals surface area contributed by atoms with Crippen LogP contribution in [0.1, 0.15) is 25.0 Å². The number of thiocarbonyl (C=S) groups is 1. The normalized spacial score (nSPS) is 16.1. The number of fused-ring (bicyclic) bond motifs is 1. The molecule has 0 unspecified atom stereocenters. The number of carbonyl (C=O) groups excluding carboxylic acids is 2. The Balaban J connectivity index is 1.86. The molecule has 1 saturated heterocycles. The van der Waals surface area contributed by atoms with Gasteiger partial charge in [-0.1, -0.05) is 42.5 Å². The second kappa shape index (κ2) is 9.65. The molecule has 2 amide bonds. The summed E-state index contributed by atoms with van der Waals surface area (Å²) in [5.74, 6) is -0.141. The van der Waals surface area contributed by atoms with Crippen molar-refractivity contribution in [3.05, 3.63) is 83.1 Å². The van der Waals surface area contributed by atoms with E-state index in [1.807, 2.05) is 54.6 Å². The van der Waals surface area contributed by atoms with Crippen molar-refractivity contribution in [3.63, 3.8) is 0 Å². The topological polar surface area (TPSA) is 53.1 Å². The Hall–Kier alpha value is -3.71. The molecule has 0 bridgehead atoms. The molecule has 2 aliphatic heterocycles. The van der Waals surface area contributed by atoms with E-state index in [1.54, 1.807) is 20.2 Å². The third-order valence-corrected chi connectivity index (χ3v) is 6.57. The standard InChI is InChI=1S/C27H27N3O3S/c1-5-30(6-2)20-14-15-21-19(13-12-18-10-8-7-9-11-18)16-23(33-22(21)17-20)24-25(31)28(3)27(34)29(4)26(24)32/h7-17H,5-6H2,1-4H3/b13-12+. The molecule has 2 heterocycles. The van der Waals surface area contributed by atoms with Crippen LogP contribution in [-0.4, -0.2) is 53.9 Å². The van der Waals surface area contributed by atoms with Crippen LogP contribution in [0.5, 0.6) is 5.75 Å². The van der Waals surface area contributed by atoms with Crippen molar-refractivity contribution in [1.29, 1.82) is 0 Å². The third kappa shape index (κ3) is 4.26. The van der Waals surface area contributed by atoms with E-state index in [0.29, 0.717) is 5.75 Å². The maximum Gasteiger partial charge on any atom is 0.269 e. The van der Waals surface area contributed by atoms with Gasteiger partial charge in [0, 0.05) is 44.5 Å². The van der Waals surface area contributed by atoms with Gasteiger partial charge in [-0.25, -0.2) is 0 Å². The maximum absolute atomic E-state index is 13.1. The minimum Gasteiger partial charge on any atom is -0.456 e. The largest absolute Gasteiger partial charge is 0.456 e. The summed E-state index contributed by atoms with van der Waals surface area (Å²) in [5.41, 5.74) is 3.75. The molecule has 0 spiro atoms. The van der Waals surface area contributed by atoms with Gasteiger partial charge in [0.05, 0.1) is 0 Å². The second-order valence-electron chi connectivity index (χ2n) is 8.05. The van der Waals surface area contributed by atoms with Gasteiger partial charge in [-0.2, -0.15) is 0 Å². The van der Waals surface area contributed by atoms with E-state index in [0.717, 1.165) is 35.5 Å². The maximum atomic E-state index is 13.1. The van der Waals surface area contributed by atoms with Gasteiger partial charge < -0.3 is 9.64 Å². The molecule has 174 valence electrons. The number of anilines is 1. The summed E-state index contributed by atoms with van der Waals surface area (Å²) in [6.07, 6.45) is 5.73. The first-order valence-corrected chi connectivity index (χ1v) is 11.6. The van der Waals surface area contributed by atoms with Crippen LogP contribution < -0.4 is 9.64 Å². The van der Waals surface area contributed by atoms with Crippen molar-refractivity contribution in [2.75, 3.05) is 32.1 Å². The Bertz CT molecular complexity index is 1220. The number of amides is 2. The van der Waals surface area contributed by atoms with Crippen LogP contribution in [-0.2, 0) is 9.59 Å². The van der Waals surface area contributed by atoms with Crippen molar-refractivity contribution in [2.45, 2.75) is 13.8 Å². The zero-order valence-corrected chi connectivity index (χ0v) is 20.6. The first kappa shape index (κ1) is 23.4. The zero-order valence-electron chi connectivity index (χ0n) is 19.7. The van der Waals surface area contributed by atoms with Crippen LogP contribution in [0, 0.1) is 0 Å². The van der Waals surface area contributed by atoms with Gasteiger partial charge in [0.25, 0.3) is 11.8 Å². The predicted octanol–water partition coefficient (Wildman–Crippen LogP) is 4.49. The number of likely N-dealkylation sites (N-methyl/N-ethyl adjacent to an activating group) is 2. The summed E-state index contributed by atoms with van der Waals surface area (Å²) in [5, 5.41) is 0.160. The molecule has 2 aromatic rings. The number of rotatable bonds is 5. The van der Waals surface area contributed by atoms with Crippen LogP contribution in [0.15, 0.2) is 72.0 Å². The van der Waals surface area contributed by atoms with Crippen molar-refractivity contribution in [3.8, 4) is 5.75 Å². The number of hydrogen-bond acceptors (Lipinski definition) is 5. The monoisotopic (exact) mass is 473 g/mol. The van der Waals surface area contributed by atoms with E-state index in [1.165, 1.54) is 9.80 Å². The highest BCUT2D eigenvalue weighted by Gasteiger charge is 2.39. The Labute approximate surface area is 205 Å². The molecule has 1 fully saturated rings. The first-order valence-electron chi connectivity index (χ1n) is 11.2. The SMILES string of the molecule is CCN(CC)c1ccc2c(c1)OC(=C1C(=O)N(C)C(=S)N(C)C1=O)C=C2/C=C/c1ccccc1. The summed E-state index contributed by atoms with van der Waals surface area (Å²) in [4.78, 5) is 30.9. The molecule has 4 rings (SSSR count). The average molecular weight is 474 g/mol. The quantitative estimate of drug-likeness (QED) is 0.364. The molecular formula is C27H27N3O3S. The molecule has 2 aromatic carbocycles. The number of carbonyl (C=O) groups is 2. The van der Waals surface area contributed by atoms with Crippen molar-refractivity contribution in [2.24, 2.45) is 0 Å². The van der Waals surface area contributed by atoms with Gasteiger partial charge in [0.2, 0.25) is 0 Å². The van der Waals surface area contributed by atoms with Crippen molar-refractivity contribution in [1.82, 2.24) is 9.80 Å². The Kier molecular flexibility index (Phi) is 6.65. The summed E-state index contributed by atoms with van der Waals surface area (Å²) in [6, 6.07) is 16.0.